The summed E-state index contributed by atoms with van der Waals surface area (Å²) in [5.41, 5.74) is 0.147. The van der Waals surface area contributed by atoms with Crippen molar-refractivity contribution in [1.29, 1.82) is 0 Å². The molecule has 1 aliphatic heterocycles. The second-order valence-corrected chi connectivity index (χ2v) is 10.4. The number of amides is 3. The van der Waals surface area contributed by atoms with E-state index >= 15 is 0 Å². The van der Waals surface area contributed by atoms with Crippen molar-refractivity contribution in [3.8, 4) is 0 Å². The quantitative estimate of drug-likeness (QED) is 0.337. The van der Waals surface area contributed by atoms with E-state index in [2.05, 4.69) is 0 Å². The van der Waals surface area contributed by atoms with E-state index in [0.29, 0.717) is 16.9 Å². The number of nitrogens with zero attached hydrogens (tertiary/aromatic N) is 2. The molecule has 178 valence electrons. The SMILES string of the molecule is O=C(CN(C(=O)c1ccc(Cl)cc1Cl)N1C(=O)[C@@H]2[C@H]3C=C[C@@H]([C@@H]4C[C@H]34)[C@H]2C1=O)c1ccc(F)cc1. The lowest BCUT2D eigenvalue weighted by molar-refractivity contribution is -0.154. The number of carbonyl (C=O) groups excluding carboxylic acids is 4. The highest BCUT2D eigenvalue weighted by Gasteiger charge is 2.68. The summed E-state index contributed by atoms with van der Waals surface area (Å²) in [6.07, 6.45) is 5.06. The molecule has 0 radical (unpaired) electrons. The second-order valence-electron chi connectivity index (χ2n) is 9.56. The minimum absolute atomic E-state index is 0.00221. The average Bonchev–Trinajstić information content (AvgIpc) is 3.61. The predicted octanol–water partition coefficient (Wildman–Crippen LogP) is 4.43. The molecular weight excluding hydrogens is 494 g/mol. The maximum Gasteiger partial charge on any atom is 0.274 e. The summed E-state index contributed by atoms with van der Waals surface area (Å²) in [7, 11) is 0. The van der Waals surface area contributed by atoms with Gasteiger partial charge in [-0.2, -0.15) is 5.01 Å². The van der Waals surface area contributed by atoms with Crippen molar-refractivity contribution < 1.29 is 23.6 Å². The van der Waals surface area contributed by atoms with Gasteiger partial charge in [-0.1, -0.05) is 35.4 Å². The van der Waals surface area contributed by atoms with Crippen LogP contribution in [-0.4, -0.2) is 40.1 Å². The van der Waals surface area contributed by atoms with Crippen molar-refractivity contribution in [3.63, 3.8) is 0 Å². The first kappa shape index (κ1) is 22.4. The minimum atomic E-state index is -0.770. The molecule has 2 saturated carbocycles. The van der Waals surface area contributed by atoms with Crippen molar-refractivity contribution in [2.24, 2.45) is 35.5 Å². The Morgan fingerprint density at radius 2 is 1.54 bits per heavy atom. The normalized spacial score (nSPS) is 29.7. The van der Waals surface area contributed by atoms with E-state index in [9.17, 15) is 23.6 Å². The molecular formula is C26H19Cl2FN2O4. The Labute approximate surface area is 210 Å². The molecule has 0 aromatic heterocycles. The fraction of sp³-hybridized carbons (Fsp3) is 0.308. The van der Waals surface area contributed by atoms with Crippen LogP contribution < -0.4 is 0 Å². The van der Waals surface area contributed by atoms with E-state index in [1.54, 1.807) is 0 Å². The number of rotatable bonds is 5. The third-order valence-corrected chi connectivity index (χ3v) is 8.28. The number of hydrazine groups is 1. The summed E-state index contributed by atoms with van der Waals surface area (Å²) in [6.45, 7) is -0.587. The maximum absolute atomic E-state index is 13.7. The molecule has 2 bridgehead atoms. The maximum atomic E-state index is 13.7. The van der Waals surface area contributed by atoms with Gasteiger partial charge in [0.25, 0.3) is 17.7 Å². The molecule has 3 fully saturated rings. The minimum Gasteiger partial charge on any atom is -0.292 e. The topological polar surface area (TPSA) is 74.8 Å². The molecule has 6 nitrogen and oxygen atoms in total. The summed E-state index contributed by atoms with van der Waals surface area (Å²) in [5.74, 6) is -3.19. The number of carbonyl (C=O) groups is 4. The van der Waals surface area contributed by atoms with E-state index < -0.39 is 47.7 Å². The van der Waals surface area contributed by atoms with Gasteiger partial charge in [0.05, 0.1) is 22.4 Å². The van der Waals surface area contributed by atoms with Crippen LogP contribution in [0.2, 0.25) is 10.0 Å². The van der Waals surface area contributed by atoms with Gasteiger partial charge in [-0.3, -0.25) is 19.2 Å². The number of hydrogen-bond acceptors (Lipinski definition) is 4. The molecule has 5 aliphatic rings. The van der Waals surface area contributed by atoms with Crippen LogP contribution in [0.4, 0.5) is 4.39 Å². The molecule has 1 heterocycles. The molecule has 1 saturated heterocycles. The Hall–Kier alpha value is -3.03. The van der Waals surface area contributed by atoms with Gasteiger partial charge in [-0.05, 0) is 72.6 Å². The van der Waals surface area contributed by atoms with Crippen LogP contribution in [0.5, 0.6) is 0 Å². The predicted molar refractivity (Wildman–Crippen MR) is 125 cm³/mol. The Morgan fingerprint density at radius 1 is 0.943 bits per heavy atom. The first-order valence-electron chi connectivity index (χ1n) is 11.4. The van der Waals surface area contributed by atoms with Crippen molar-refractivity contribution in [2.45, 2.75) is 6.42 Å². The van der Waals surface area contributed by atoms with Crippen LogP contribution >= 0.6 is 23.2 Å². The fourth-order valence-electron chi connectivity index (χ4n) is 6.08. The zero-order chi connectivity index (χ0) is 24.6. The Bertz CT molecular complexity index is 1290. The van der Waals surface area contributed by atoms with Gasteiger partial charge in [0.15, 0.2) is 5.78 Å². The lowest BCUT2D eigenvalue weighted by Gasteiger charge is -2.37. The van der Waals surface area contributed by atoms with Crippen LogP contribution in [0.25, 0.3) is 0 Å². The van der Waals surface area contributed by atoms with Crippen LogP contribution in [0.1, 0.15) is 27.1 Å². The van der Waals surface area contributed by atoms with Crippen molar-refractivity contribution in [2.75, 3.05) is 6.54 Å². The second kappa shape index (κ2) is 8.00. The first-order valence-corrected chi connectivity index (χ1v) is 12.1. The standard InChI is InChI=1S/C26H19Cl2FN2O4/c27-13-3-6-17(20(28)9-13)24(33)30(11-21(32)12-1-4-14(29)5-2-12)31-25(34)22-15-7-8-16(19-10-18(15)19)23(22)26(31)35/h1-9,15-16,18-19,22-23H,10-11H2/t15-,16-,18-,19+,22+,23+/m0/s1. The molecule has 6 atom stereocenters. The Kier molecular flexibility index (Phi) is 5.13. The Morgan fingerprint density at radius 3 is 2.11 bits per heavy atom. The third kappa shape index (κ3) is 3.44. The summed E-state index contributed by atoms with van der Waals surface area (Å²) < 4.78 is 13.4. The average molecular weight is 513 g/mol. The molecule has 0 unspecified atom stereocenters. The highest BCUT2D eigenvalue weighted by molar-refractivity contribution is 6.36. The molecule has 0 N–H and O–H groups in total. The zero-order valence-corrected chi connectivity index (χ0v) is 19.7. The van der Waals surface area contributed by atoms with Gasteiger partial charge in [0.1, 0.15) is 12.4 Å². The van der Waals surface area contributed by atoms with Gasteiger partial charge in [-0.15, -0.1) is 0 Å². The number of allylic oxidation sites excluding steroid dienone is 2. The van der Waals surface area contributed by atoms with Crippen LogP contribution in [0.15, 0.2) is 54.6 Å². The molecule has 2 aromatic rings. The fourth-order valence-corrected chi connectivity index (χ4v) is 6.57. The number of Topliss-reactive ketones (excluding diaryl/α,β-unsaturated/α-hetero) is 1. The van der Waals surface area contributed by atoms with E-state index in [0.717, 1.165) is 28.6 Å². The number of hydrogen-bond donors (Lipinski definition) is 0. The molecule has 2 aromatic carbocycles. The highest BCUT2D eigenvalue weighted by atomic mass is 35.5. The van der Waals surface area contributed by atoms with E-state index in [4.69, 9.17) is 23.2 Å². The van der Waals surface area contributed by atoms with Crippen LogP contribution in [-0.2, 0) is 9.59 Å². The summed E-state index contributed by atoms with van der Waals surface area (Å²) in [5, 5.41) is 2.07. The monoisotopic (exact) mass is 512 g/mol. The van der Waals surface area contributed by atoms with Gasteiger partial charge in [-0.25, -0.2) is 9.40 Å². The first-order chi connectivity index (χ1) is 16.8. The number of imide groups is 1. The number of halogens is 3. The van der Waals surface area contributed by atoms with Crippen LogP contribution in [0.3, 0.4) is 0 Å². The largest absolute Gasteiger partial charge is 0.292 e. The molecule has 4 aliphatic carbocycles. The molecule has 35 heavy (non-hydrogen) atoms. The van der Waals surface area contributed by atoms with Crippen molar-refractivity contribution in [3.05, 3.63) is 81.6 Å². The summed E-state index contributed by atoms with van der Waals surface area (Å²) >= 11 is 12.2. The molecule has 3 amide bonds. The number of ketones is 1. The van der Waals surface area contributed by atoms with Gasteiger partial charge >= 0.3 is 0 Å². The van der Waals surface area contributed by atoms with Gasteiger partial charge < -0.3 is 0 Å². The lowest BCUT2D eigenvalue weighted by atomic mass is 9.63. The highest BCUT2D eigenvalue weighted by Crippen LogP contribution is 2.65. The Balaban J connectivity index is 1.38. The number of benzene rings is 2. The van der Waals surface area contributed by atoms with Gasteiger partial charge in [0, 0.05) is 10.6 Å². The third-order valence-electron chi connectivity index (χ3n) is 7.74. The van der Waals surface area contributed by atoms with Crippen molar-refractivity contribution in [1.82, 2.24) is 10.0 Å². The van der Waals surface area contributed by atoms with E-state index in [-0.39, 0.29) is 28.0 Å². The summed E-state index contributed by atoms with van der Waals surface area (Å²) in [4.78, 5) is 54.0. The van der Waals surface area contributed by atoms with Crippen LogP contribution in [0, 0.1) is 41.3 Å². The van der Waals surface area contributed by atoms with Gasteiger partial charge in [0.2, 0.25) is 0 Å². The zero-order valence-electron chi connectivity index (χ0n) is 18.2. The van der Waals surface area contributed by atoms with Crippen molar-refractivity contribution >= 4 is 46.7 Å². The summed E-state index contributed by atoms with van der Waals surface area (Å²) in [6, 6.07) is 9.08. The van der Waals surface area contributed by atoms with E-state index in [1.807, 2.05) is 12.2 Å². The van der Waals surface area contributed by atoms with E-state index in [1.165, 1.54) is 30.3 Å². The smallest absolute Gasteiger partial charge is 0.274 e. The molecule has 0 spiro atoms. The lowest BCUT2D eigenvalue weighted by Crippen LogP contribution is -2.52. The molecule has 9 heteroatoms. The molecule has 7 rings (SSSR count).